The maximum Gasteiger partial charge on any atom is 0.267 e. The maximum atomic E-state index is 13.0. The molecule has 3 rings (SSSR count). The Kier molecular flexibility index (Phi) is 6.79. The summed E-state index contributed by atoms with van der Waals surface area (Å²) in [5, 5.41) is 12.1. The van der Waals surface area contributed by atoms with Crippen molar-refractivity contribution in [2.75, 3.05) is 38.7 Å². The second-order valence-corrected chi connectivity index (χ2v) is 7.61. The Labute approximate surface area is 171 Å². The maximum absolute atomic E-state index is 13.0. The van der Waals surface area contributed by atoms with Crippen LogP contribution < -0.4 is 10.9 Å². The Morgan fingerprint density at radius 2 is 2.21 bits per heavy atom. The van der Waals surface area contributed by atoms with Gasteiger partial charge in [0.25, 0.3) is 11.5 Å². The van der Waals surface area contributed by atoms with E-state index < -0.39 is 0 Å². The zero-order valence-corrected chi connectivity index (χ0v) is 16.9. The van der Waals surface area contributed by atoms with Gasteiger partial charge in [0, 0.05) is 26.5 Å². The van der Waals surface area contributed by atoms with Crippen LogP contribution in [0.2, 0.25) is 0 Å². The predicted molar refractivity (Wildman–Crippen MR) is 113 cm³/mol. The van der Waals surface area contributed by atoms with E-state index in [0.29, 0.717) is 46.8 Å². The number of aromatic nitrogens is 2. The van der Waals surface area contributed by atoms with Gasteiger partial charge in [-0.25, -0.2) is 4.98 Å². The van der Waals surface area contributed by atoms with E-state index in [-0.39, 0.29) is 23.6 Å². The second kappa shape index (κ2) is 9.28. The van der Waals surface area contributed by atoms with Gasteiger partial charge in [-0.2, -0.15) is 0 Å². The third kappa shape index (κ3) is 4.25. The van der Waals surface area contributed by atoms with Crippen LogP contribution >= 0.6 is 24.0 Å². The molecule has 1 saturated heterocycles. The number of hydrogen-bond donors (Lipinski definition) is 2. The number of aliphatic hydroxyl groups excluding tert-OH is 1. The number of aliphatic hydroxyl groups is 1. The van der Waals surface area contributed by atoms with Crippen molar-refractivity contribution in [3.05, 3.63) is 45.2 Å². The number of fused-ring (bicyclic) bond motifs is 1. The molecule has 0 atom stereocenters. The summed E-state index contributed by atoms with van der Waals surface area (Å²) in [5.74, 6) is 0.109. The van der Waals surface area contributed by atoms with Crippen molar-refractivity contribution in [2.45, 2.75) is 6.42 Å². The third-order valence-corrected chi connectivity index (χ3v) is 5.44. The summed E-state index contributed by atoms with van der Waals surface area (Å²) < 4.78 is 6.87. The summed E-state index contributed by atoms with van der Waals surface area (Å²) >= 11 is 6.43. The van der Waals surface area contributed by atoms with Gasteiger partial charge in [-0.3, -0.25) is 18.9 Å². The summed E-state index contributed by atoms with van der Waals surface area (Å²) in [4.78, 5) is 32.0. The molecule has 28 heavy (non-hydrogen) atoms. The SMILES string of the molecule is COCCN1C(=O)/C(=C\c2c(NCCCO)nc3ccccn3c2=O)SC1=S. The number of pyridine rings is 1. The lowest BCUT2D eigenvalue weighted by molar-refractivity contribution is -0.122. The average Bonchev–Trinajstić information content (AvgIpc) is 2.96. The van der Waals surface area contributed by atoms with Crippen molar-refractivity contribution >= 4 is 51.7 Å². The molecule has 1 amide bonds. The molecular weight excluding hydrogens is 400 g/mol. The Balaban J connectivity index is 2.03. The van der Waals surface area contributed by atoms with Crippen LogP contribution in [-0.4, -0.2) is 63.0 Å². The van der Waals surface area contributed by atoms with E-state index in [0.717, 1.165) is 11.8 Å². The van der Waals surface area contributed by atoms with E-state index in [1.165, 1.54) is 15.4 Å². The van der Waals surface area contributed by atoms with Crippen molar-refractivity contribution in [2.24, 2.45) is 0 Å². The molecule has 0 unspecified atom stereocenters. The Morgan fingerprint density at radius 1 is 1.39 bits per heavy atom. The number of rotatable bonds is 8. The Morgan fingerprint density at radius 3 is 2.96 bits per heavy atom. The number of carbonyl (C=O) groups excluding carboxylic acids is 1. The van der Waals surface area contributed by atoms with Crippen molar-refractivity contribution in [1.29, 1.82) is 0 Å². The smallest absolute Gasteiger partial charge is 0.267 e. The molecule has 0 bridgehead atoms. The van der Waals surface area contributed by atoms with Crippen LogP contribution in [0.15, 0.2) is 34.1 Å². The minimum atomic E-state index is -0.292. The number of amides is 1. The van der Waals surface area contributed by atoms with E-state index in [2.05, 4.69) is 10.3 Å². The Hall–Kier alpha value is -2.27. The summed E-state index contributed by atoms with van der Waals surface area (Å²) in [7, 11) is 1.56. The fourth-order valence-electron chi connectivity index (χ4n) is 2.66. The lowest BCUT2D eigenvalue weighted by Gasteiger charge is -2.13. The summed E-state index contributed by atoms with van der Waals surface area (Å²) in [6.45, 7) is 1.19. The van der Waals surface area contributed by atoms with Gasteiger partial charge in [0.2, 0.25) is 0 Å². The number of thiocarbonyl (C=S) groups is 1. The van der Waals surface area contributed by atoms with Gasteiger partial charge in [-0.1, -0.05) is 30.0 Å². The number of thioether (sulfide) groups is 1. The number of nitrogens with one attached hydrogen (secondary N) is 1. The Bertz CT molecular complexity index is 989. The van der Waals surface area contributed by atoms with E-state index >= 15 is 0 Å². The fourth-order valence-corrected chi connectivity index (χ4v) is 3.95. The van der Waals surface area contributed by atoms with Crippen LogP contribution in [0.25, 0.3) is 11.7 Å². The van der Waals surface area contributed by atoms with Crippen molar-refractivity contribution in [1.82, 2.24) is 14.3 Å². The number of anilines is 1. The zero-order valence-electron chi connectivity index (χ0n) is 15.3. The second-order valence-electron chi connectivity index (χ2n) is 5.94. The number of hydrogen-bond acceptors (Lipinski definition) is 8. The molecule has 3 heterocycles. The highest BCUT2D eigenvalue weighted by molar-refractivity contribution is 8.26. The van der Waals surface area contributed by atoms with Gasteiger partial charge >= 0.3 is 0 Å². The largest absolute Gasteiger partial charge is 0.396 e. The monoisotopic (exact) mass is 420 g/mol. The number of ether oxygens (including phenoxy) is 1. The third-order valence-electron chi connectivity index (χ3n) is 4.06. The highest BCUT2D eigenvalue weighted by Gasteiger charge is 2.32. The fraction of sp³-hybridized carbons (Fsp3) is 0.333. The molecule has 8 nitrogen and oxygen atoms in total. The first kappa shape index (κ1) is 20.5. The zero-order chi connectivity index (χ0) is 20.1. The standard InChI is InChI=1S/C18H20N4O4S2/c1-26-10-8-22-17(25)13(28-18(22)27)11-12-15(19-6-4-9-23)20-14-5-2-3-7-21(14)16(12)24/h2-3,5,7,11,19,23H,4,6,8-10H2,1H3/b13-11+. The minimum absolute atomic E-state index is 0.0209. The van der Waals surface area contributed by atoms with E-state index in [9.17, 15) is 9.59 Å². The first-order valence-corrected chi connectivity index (χ1v) is 9.89. The summed E-state index contributed by atoms with van der Waals surface area (Å²) in [5.41, 5.74) is 0.469. The highest BCUT2D eigenvalue weighted by Crippen LogP contribution is 2.32. The molecule has 0 radical (unpaired) electrons. The van der Waals surface area contributed by atoms with E-state index in [4.69, 9.17) is 22.1 Å². The van der Waals surface area contributed by atoms with Crippen molar-refractivity contribution in [3.8, 4) is 0 Å². The highest BCUT2D eigenvalue weighted by atomic mass is 32.2. The molecule has 1 aliphatic rings. The molecule has 148 valence electrons. The van der Waals surface area contributed by atoms with Crippen molar-refractivity contribution in [3.63, 3.8) is 0 Å². The molecule has 0 spiro atoms. The van der Waals surface area contributed by atoms with Gasteiger partial charge in [0.15, 0.2) is 0 Å². The quantitative estimate of drug-likeness (QED) is 0.375. The molecule has 2 N–H and O–H groups in total. The van der Waals surface area contributed by atoms with Crippen LogP contribution in [0.4, 0.5) is 5.82 Å². The van der Waals surface area contributed by atoms with Crippen LogP contribution in [-0.2, 0) is 9.53 Å². The molecule has 1 aliphatic heterocycles. The molecule has 2 aromatic heterocycles. The lowest BCUT2D eigenvalue weighted by atomic mass is 10.2. The number of methoxy groups -OCH3 is 1. The molecule has 1 fully saturated rings. The van der Waals surface area contributed by atoms with Gasteiger partial charge in [0.05, 0.1) is 23.6 Å². The minimum Gasteiger partial charge on any atom is -0.396 e. The molecule has 0 aromatic carbocycles. The molecule has 0 aliphatic carbocycles. The van der Waals surface area contributed by atoms with Gasteiger partial charge in [-0.15, -0.1) is 0 Å². The van der Waals surface area contributed by atoms with E-state index in [1.54, 1.807) is 31.5 Å². The molecule has 10 heteroatoms. The molecule has 2 aromatic rings. The van der Waals surface area contributed by atoms with Gasteiger partial charge in [-0.05, 0) is 24.6 Å². The van der Waals surface area contributed by atoms with Gasteiger partial charge < -0.3 is 15.2 Å². The first-order valence-electron chi connectivity index (χ1n) is 8.67. The predicted octanol–water partition coefficient (Wildman–Crippen LogP) is 1.34. The molecule has 0 saturated carbocycles. The summed E-state index contributed by atoms with van der Waals surface area (Å²) in [6, 6.07) is 5.26. The van der Waals surface area contributed by atoms with Crippen LogP contribution in [0.3, 0.4) is 0 Å². The van der Waals surface area contributed by atoms with Crippen LogP contribution in [0.5, 0.6) is 0 Å². The van der Waals surface area contributed by atoms with Crippen LogP contribution in [0, 0.1) is 0 Å². The number of carbonyl (C=O) groups is 1. The van der Waals surface area contributed by atoms with E-state index in [1.807, 2.05) is 0 Å². The lowest BCUT2D eigenvalue weighted by Crippen LogP contribution is -2.31. The topological polar surface area (TPSA) is 96.2 Å². The molecular formula is C18H20N4O4S2. The first-order chi connectivity index (χ1) is 13.6. The van der Waals surface area contributed by atoms with Gasteiger partial charge in [0.1, 0.15) is 15.8 Å². The van der Waals surface area contributed by atoms with Crippen LogP contribution in [0.1, 0.15) is 12.0 Å². The van der Waals surface area contributed by atoms with Crippen molar-refractivity contribution < 1.29 is 14.6 Å². The normalized spacial score (nSPS) is 15.8. The summed E-state index contributed by atoms with van der Waals surface area (Å²) in [6.07, 6.45) is 3.67. The average molecular weight is 421 g/mol. The number of nitrogens with zero attached hydrogens (tertiary/aromatic N) is 3.